The molecule has 1 heterocycles. The normalized spacial score (nSPS) is 22.1. The zero-order valence-electron chi connectivity index (χ0n) is 11.2. The molecule has 0 aromatic heterocycles. The van der Waals surface area contributed by atoms with Gasteiger partial charge in [0.05, 0.1) is 11.1 Å². The first kappa shape index (κ1) is 17.0. The molecule has 0 N–H and O–H groups in total. The Hall–Kier alpha value is -0.0400. The first-order chi connectivity index (χ1) is 8.42. The van der Waals surface area contributed by atoms with E-state index in [-0.39, 0.29) is 0 Å². The number of hydrogen-bond acceptors (Lipinski definition) is 1. The SMILES string of the molecule is CC1(C)C(CBr)=C(CBr)C(C)(C)N1C(=O)C(F)(F)F. The molecule has 110 valence electrons. The fourth-order valence-electron chi connectivity index (χ4n) is 2.83. The molecule has 0 radical (unpaired) electrons. The quantitative estimate of drug-likeness (QED) is 0.500. The minimum absolute atomic E-state index is 0.437. The lowest BCUT2D eigenvalue weighted by Gasteiger charge is -2.42. The van der Waals surface area contributed by atoms with Crippen molar-refractivity contribution in [2.45, 2.75) is 44.9 Å². The van der Waals surface area contributed by atoms with Crippen LogP contribution in [-0.2, 0) is 4.79 Å². The van der Waals surface area contributed by atoms with Crippen molar-refractivity contribution in [3.05, 3.63) is 11.1 Å². The summed E-state index contributed by atoms with van der Waals surface area (Å²) < 4.78 is 38.4. The molecule has 0 aromatic rings. The van der Waals surface area contributed by atoms with Crippen LogP contribution in [0.25, 0.3) is 0 Å². The predicted molar refractivity (Wildman–Crippen MR) is 75.7 cm³/mol. The molecule has 1 aliphatic heterocycles. The van der Waals surface area contributed by atoms with Crippen molar-refractivity contribution in [1.82, 2.24) is 4.90 Å². The average Bonchev–Trinajstić information content (AvgIpc) is 2.37. The minimum Gasteiger partial charge on any atom is -0.317 e. The Balaban J connectivity index is 3.42. The Morgan fingerprint density at radius 1 is 1.05 bits per heavy atom. The summed E-state index contributed by atoms with van der Waals surface area (Å²) in [4.78, 5) is 12.7. The second-order valence-electron chi connectivity index (χ2n) is 5.48. The molecule has 0 saturated heterocycles. The van der Waals surface area contributed by atoms with Crippen LogP contribution in [0, 0.1) is 0 Å². The van der Waals surface area contributed by atoms with Gasteiger partial charge in [0.25, 0.3) is 0 Å². The van der Waals surface area contributed by atoms with Gasteiger partial charge in [-0.3, -0.25) is 4.79 Å². The zero-order valence-corrected chi connectivity index (χ0v) is 14.3. The van der Waals surface area contributed by atoms with E-state index in [0.717, 1.165) is 16.0 Å². The molecule has 7 heteroatoms. The number of carbonyl (C=O) groups excluding carboxylic acids is 1. The molecule has 1 amide bonds. The average molecular weight is 407 g/mol. The maximum atomic E-state index is 12.8. The summed E-state index contributed by atoms with van der Waals surface area (Å²) >= 11 is 6.63. The van der Waals surface area contributed by atoms with Crippen LogP contribution in [0.2, 0.25) is 0 Å². The minimum atomic E-state index is -4.87. The van der Waals surface area contributed by atoms with E-state index in [2.05, 4.69) is 31.9 Å². The largest absolute Gasteiger partial charge is 0.471 e. The van der Waals surface area contributed by atoms with Crippen LogP contribution in [0.5, 0.6) is 0 Å². The fourth-order valence-corrected chi connectivity index (χ4v) is 4.88. The van der Waals surface area contributed by atoms with Crippen molar-refractivity contribution < 1.29 is 18.0 Å². The Morgan fingerprint density at radius 2 is 1.37 bits per heavy atom. The first-order valence-electron chi connectivity index (χ1n) is 5.68. The number of nitrogens with zero attached hydrogens (tertiary/aromatic N) is 1. The number of hydrogen-bond donors (Lipinski definition) is 0. The van der Waals surface area contributed by atoms with Crippen LogP contribution in [0.4, 0.5) is 13.2 Å². The summed E-state index contributed by atoms with van der Waals surface area (Å²) in [5.74, 6) is -1.79. The van der Waals surface area contributed by atoms with E-state index >= 15 is 0 Å². The molecule has 0 spiro atoms. The van der Waals surface area contributed by atoms with Crippen LogP contribution < -0.4 is 0 Å². The summed E-state index contributed by atoms with van der Waals surface area (Å²) in [5, 5.41) is 0.873. The maximum absolute atomic E-state index is 12.8. The van der Waals surface area contributed by atoms with Gasteiger partial charge >= 0.3 is 12.1 Å². The molecule has 1 rings (SSSR count). The third-order valence-electron chi connectivity index (χ3n) is 3.67. The van der Waals surface area contributed by atoms with Crippen molar-refractivity contribution in [3.63, 3.8) is 0 Å². The molecular weight excluding hydrogens is 391 g/mol. The topological polar surface area (TPSA) is 20.3 Å². The molecule has 0 aromatic carbocycles. The van der Waals surface area contributed by atoms with Gasteiger partial charge in [-0.05, 0) is 38.8 Å². The number of carbonyl (C=O) groups is 1. The van der Waals surface area contributed by atoms with E-state index in [0.29, 0.717) is 10.7 Å². The third-order valence-corrected chi connectivity index (χ3v) is 4.79. The number of amides is 1. The van der Waals surface area contributed by atoms with Crippen LogP contribution in [0.3, 0.4) is 0 Å². The van der Waals surface area contributed by atoms with E-state index in [1.54, 1.807) is 27.7 Å². The van der Waals surface area contributed by atoms with Gasteiger partial charge in [-0.15, -0.1) is 0 Å². The Bertz CT molecular complexity index is 401. The third kappa shape index (κ3) is 2.60. The Kier molecular flexibility index (Phi) is 4.53. The maximum Gasteiger partial charge on any atom is 0.471 e. The van der Waals surface area contributed by atoms with Crippen molar-refractivity contribution in [3.8, 4) is 0 Å². The highest BCUT2D eigenvalue weighted by Gasteiger charge is 2.58. The first-order valence-corrected chi connectivity index (χ1v) is 7.93. The van der Waals surface area contributed by atoms with E-state index in [1.165, 1.54) is 0 Å². The van der Waals surface area contributed by atoms with Gasteiger partial charge in [-0.1, -0.05) is 31.9 Å². The van der Waals surface area contributed by atoms with Crippen LogP contribution >= 0.6 is 31.9 Å². The van der Waals surface area contributed by atoms with Crippen LogP contribution in [-0.4, -0.2) is 38.7 Å². The second kappa shape index (κ2) is 5.06. The van der Waals surface area contributed by atoms with Crippen molar-refractivity contribution in [2.24, 2.45) is 0 Å². The van der Waals surface area contributed by atoms with Gasteiger partial charge in [0.15, 0.2) is 0 Å². The molecule has 0 saturated carbocycles. The highest BCUT2D eigenvalue weighted by Crippen LogP contribution is 2.47. The van der Waals surface area contributed by atoms with Crippen molar-refractivity contribution in [1.29, 1.82) is 0 Å². The molecule has 19 heavy (non-hydrogen) atoms. The molecular formula is C12H16Br2F3NO. The molecule has 1 aliphatic rings. The predicted octanol–water partition coefficient (Wildman–Crippen LogP) is 4.03. The summed E-state index contributed by atoms with van der Waals surface area (Å²) in [6.45, 7) is 6.57. The molecule has 0 aliphatic carbocycles. The highest BCUT2D eigenvalue weighted by atomic mass is 79.9. The van der Waals surface area contributed by atoms with Crippen molar-refractivity contribution in [2.75, 3.05) is 10.7 Å². The fraction of sp³-hybridized carbons (Fsp3) is 0.750. The number of alkyl halides is 5. The van der Waals surface area contributed by atoms with E-state index in [4.69, 9.17) is 0 Å². The van der Waals surface area contributed by atoms with Gasteiger partial charge in [0.2, 0.25) is 0 Å². The lowest BCUT2D eigenvalue weighted by molar-refractivity contribution is -0.193. The molecule has 0 fully saturated rings. The number of rotatable bonds is 2. The van der Waals surface area contributed by atoms with Gasteiger partial charge in [-0.2, -0.15) is 13.2 Å². The van der Waals surface area contributed by atoms with E-state index < -0.39 is 23.2 Å². The van der Waals surface area contributed by atoms with Gasteiger partial charge < -0.3 is 4.90 Å². The lowest BCUT2D eigenvalue weighted by Crippen LogP contribution is -2.58. The van der Waals surface area contributed by atoms with Gasteiger partial charge in [-0.25, -0.2) is 0 Å². The molecule has 0 bridgehead atoms. The van der Waals surface area contributed by atoms with E-state index in [9.17, 15) is 18.0 Å². The number of halogens is 5. The summed E-state index contributed by atoms with van der Waals surface area (Å²) in [7, 11) is 0. The van der Waals surface area contributed by atoms with Crippen LogP contribution in [0.1, 0.15) is 27.7 Å². The summed E-state index contributed by atoms with van der Waals surface area (Å²) in [6.07, 6.45) is -4.87. The smallest absolute Gasteiger partial charge is 0.317 e. The van der Waals surface area contributed by atoms with E-state index in [1.807, 2.05) is 0 Å². The Morgan fingerprint density at radius 3 is 1.58 bits per heavy atom. The standard InChI is InChI=1S/C12H16Br2F3NO/c1-10(2)7(5-13)8(6-14)11(3,4)18(10)9(19)12(15,16)17/h5-6H2,1-4H3. The highest BCUT2D eigenvalue weighted by molar-refractivity contribution is 9.09. The van der Waals surface area contributed by atoms with Gasteiger partial charge in [0.1, 0.15) is 0 Å². The summed E-state index contributed by atoms with van der Waals surface area (Å²) in [5.41, 5.74) is -0.315. The zero-order chi connectivity index (χ0) is 15.2. The molecule has 0 atom stereocenters. The van der Waals surface area contributed by atoms with Gasteiger partial charge in [0, 0.05) is 10.7 Å². The second-order valence-corrected chi connectivity index (χ2v) is 6.60. The molecule has 2 nitrogen and oxygen atoms in total. The Labute approximate surface area is 127 Å². The lowest BCUT2D eigenvalue weighted by atomic mass is 9.93. The van der Waals surface area contributed by atoms with Crippen LogP contribution in [0.15, 0.2) is 11.1 Å². The summed E-state index contributed by atoms with van der Waals surface area (Å²) in [6, 6.07) is 0. The monoisotopic (exact) mass is 405 g/mol. The van der Waals surface area contributed by atoms with Crippen molar-refractivity contribution >= 4 is 37.8 Å². The molecule has 0 unspecified atom stereocenters.